The van der Waals surface area contributed by atoms with E-state index < -0.39 is 0 Å². The number of carbonyl (C=O) groups excluding carboxylic acids is 1. The van der Waals surface area contributed by atoms with Gasteiger partial charge in [0.05, 0.1) is 47.0 Å². The van der Waals surface area contributed by atoms with E-state index in [0.717, 1.165) is 37.4 Å². The average Bonchev–Trinajstić information content (AvgIpc) is 3.06. The third-order valence-corrected chi connectivity index (χ3v) is 5.72. The lowest BCUT2D eigenvalue weighted by atomic mass is 10.2. The van der Waals surface area contributed by atoms with Gasteiger partial charge in [-0.15, -0.1) is 0 Å². The predicted molar refractivity (Wildman–Crippen MR) is 117 cm³/mol. The molecule has 2 heterocycles. The second-order valence-corrected chi connectivity index (χ2v) is 7.71. The summed E-state index contributed by atoms with van der Waals surface area (Å²) in [6, 6.07) is 8.05. The number of hydrogen-bond acceptors (Lipinski definition) is 3. The predicted octanol–water partition coefficient (Wildman–Crippen LogP) is 2.74. The molecule has 29 heavy (non-hydrogen) atoms. The van der Waals surface area contributed by atoms with Crippen LogP contribution in [0.15, 0.2) is 30.5 Å². The highest BCUT2D eigenvalue weighted by Gasteiger charge is 2.20. The second kappa shape index (κ2) is 9.37. The zero-order valence-electron chi connectivity index (χ0n) is 17.6. The minimum Gasteiger partial charge on any atom is -0.352 e. The zero-order chi connectivity index (χ0) is 21.0. The van der Waals surface area contributed by atoms with Crippen molar-refractivity contribution in [3.05, 3.63) is 52.3 Å². The first-order chi connectivity index (χ1) is 14.0. The van der Waals surface area contributed by atoms with Gasteiger partial charge in [-0.05, 0) is 39.8 Å². The molecule has 3 aromatic rings. The number of quaternary nitrogens is 1. The summed E-state index contributed by atoms with van der Waals surface area (Å²) >= 11 is 6.62. The van der Waals surface area contributed by atoms with Crippen molar-refractivity contribution in [3.63, 3.8) is 0 Å². The Bertz CT molecular complexity index is 993. The van der Waals surface area contributed by atoms with Gasteiger partial charge in [0.1, 0.15) is 0 Å². The van der Waals surface area contributed by atoms with E-state index in [1.54, 1.807) is 10.9 Å². The number of amides is 1. The summed E-state index contributed by atoms with van der Waals surface area (Å²) < 4.78 is 1.77. The van der Waals surface area contributed by atoms with Crippen molar-refractivity contribution < 1.29 is 9.69 Å². The number of hydrogen-bond donors (Lipinski definition) is 2. The normalized spacial score (nSPS) is 11.4. The van der Waals surface area contributed by atoms with Gasteiger partial charge in [0, 0.05) is 19.2 Å². The lowest BCUT2D eigenvalue weighted by Crippen LogP contribution is -3.11. The zero-order valence-corrected chi connectivity index (χ0v) is 18.3. The molecule has 1 amide bonds. The second-order valence-electron chi connectivity index (χ2n) is 7.33. The molecule has 154 valence electrons. The maximum Gasteiger partial charge on any atom is 0.254 e. The molecular formula is C22H29ClN5O+. The molecule has 0 saturated heterocycles. The summed E-state index contributed by atoms with van der Waals surface area (Å²) in [6.45, 7) is 12.1. The number of fused-ring (bicyclic) bond motifs is 1. The first-order valence-corrected chi connectivity index (χ1v) is 10.6. The minimum atomic E-state index is -0.193. The molecule has 0 fully saturated rings. The lowest BCUT2D eigenvalue weighted by Gasteiger charge is -2.15. The Kier molecular flexibility index (Phi) is 6.87. The van der Waals surface area contributed by atoms with Crippen LogP contribution in [0.3, 0.4) is 0 Å². The molecule has 0 aliphatic heterocycles. The van der Waals surface area contributed by atoms with Crippen LogP contribution in [0.2, 0.25) is 5.02 Å². The molecule has 7 heteroatoms. The van der Waals surface area contributed by atoms with Crippen LogP contribution in [0, 0.1) is 13.8 Å². The number of nitrogens with zero attached hydrogens (tertiary/aromatic N) is 3. The fourth-order valence-electron chi connectivity index (χ4n) is 3.47. The molecule has 0 aliphatic carbocycles. The van der Waals surface area contributed by atoms with E-state index in [0.29, 0.717) is 28.2 Å². The van der Waals surface area contributed by atoms with Crippen LogP contribution in [0.5, 0.6) is 0 Å². The first-order valence-electron chi connectivity index (χ1n) is 10.2. The van der Waals surface area contributed by atoms with Gasteiger partial charge < -0.3 is 10.2 Å². The number of pyridine rings is 1. The third-order valence-electron chi connectivity index (χ3n) is 5.32. The molecule has 0 atom stereocenters. The van der Waals surface area contributed by atoms with Gasteiger partial charge in [-0.1, -0.05) is 29.3 Å². The van der Waals surface area contributed by atoms with Gasteiger partial charge in [-0.25, -0.2) is 9.67 Å². The largest absolute Gasteiger partial charge is 0.352 e. The Labute approximate surface area is 176 Å². The summed E-state index contributed by atoms with van der Waals surface area (Å²) in [7, 11) is 0. The summed E-state index contributed by atoms with van der Waals surface area (Å²) in [5.74, 6) is -0.193. The molecule has 0 spiro atoms. The van der Waals surface area contributed by atoms with Gasteiger partial charge in [0.2, 0.25) is 0 Å². The maximum atomic E-state index is 12.6. The van der Waals surface area contributed by atoms with Crippen molar-refractivity contribution in [2.45, 2.75) is 34.1 Å². The fourth-order valence-corrected chi connectivity index (χ4v) is 3.83. The average molecular weight is 415 g/mol. The Morgan fingerprint density at radius 1 is 1.17 bits per heavy atom. The highest BCUT2D eigenvalue weighted by Crippen LogP contribution is 2.30. The molecule has 3 rings (SSSR count). The molecule has 0 radical (unpaired) electrons. The fraction of sp³-hybridized carbons (Fsp3) is 0.409. The summed E-state index contributed by atoms with van der Waals surface area (Å²) in [6.07, 6.45) is 2.47. The first kappa shape index (κ1) is 21.3. The van der Waals surface area contributed by atoms with E-state index in [4.69, 9.17) is 11.6 Å². The van der Waals surface area contributed by atoms with Gasteiger partial charge in [0.25, 0.3) is 5.91 Å². The Balaban J connectivity index is 1.80. The van der Waals surface area contributed by atoms with Crippen LogP contribution >= 0.6 is 11.6 Å². The van der Waals surface area contributed by atoms with Crippen LogP contribution in [0.4, 0.5) is 0 Å². The van der Waals surface area contributed by atoms with Crippen molar-refractivity contribution in [2.75, 3.05) is 26.2 Å². The molecule has 2 aromatic heterocycles. The van der Waals surface area contributed by atoms with E-state index in [2.05, 4.69) is 29.2 Å². The van der Waals surface area contributed by atoms with E-state index in [9.17, 15) is 4.79 Å². The van der Waals surface area contributed by atoms with Crippen molar-refractivity contribution in [1.82, 2.24) is 20.1 Å². The van der Waals surface area contributed by atoms with Crippen LogP contribution < -0.4 is 10.2 Å². The van der Waals surface area contributed by atoms with Crippen molar-refractivity contribution in [1.29, 1.82) is 0 Å². The summed E-state index contributed by atoms with van der Waals surface area (Å²) in [5, 5.41) is 8.68. The SMILES string of the molecule is CC[NH+](CC)CCCNC(=O)c1cnc2c(c(C)nn2-c2ccc(C)cc2)c1Cl. The maximum absolute atomic E-state index is 12.6. The van der Waals surface area contributed by atoms with Gasteiger partial charge >= 0.3 is 0 Å². The van der Waals surface area contributed by atoms with Gasteiger partial charge in [0.15, 0.2) is 5.65 Å². The number of halogens is 1. The Morgan fingerprint density at radius 2 is 1.86 bits per heavy atom. The quantitative estimate of drug-likeness (QED) is 0.557. The van der Waals surface area contributed by atoms with Crippen LogP contribution in [-0.2, 0) is 0 Å². The van der Waals surface area contributed by atoms with Gasteiger partial charge in [-0.2, -0.15) is 5.10 Å². The molecule has 0 saturated carbocycles. The van der Waals surface area contributed by atoms with Crippen LogP contribution in [-0.4, -0.2) is 46.9 Å². The number of carbonyl (C=O) groups is 1. The Morgan fingerprint density at radius 3 is 2.52 bits per heavy atom. The molecule has 6 nitrogen and oxygen atoms in total. The highest BCUT2D eigenvalue weighted by molar-refractivity contribution is 6.38. The van der Waals surface area contributed by atoms with Gasteiger partial charge in [-0.3, -0.25) is 4.79 Å². The standard InChI is InChI=1S/C22H28ClN5O/c1-5-27(6-2)13-7-12-24-22(29)18-14-25-21-19(20(18)23)16(4)26-28(21)17-10-8-15(3)9-11-17/h8-11,14H,5-7,12-13H2,1-4H3,(H,24,29)/p+1. The number of benzene rings is 1. The number of aromatic nitrogens is 3. The lowest BCUT2D eigenvalue weighted by molar-refractivity contribution is -0.896. The van der Waals surface area contributed by atoms with E-state index >= 15 is 0 Å². The highest BCUT2D eigenvalue weighted by atomic mass is 35.5. The molecule has 2 N–H and O–H groups in total. The minimum absolute atomic E-state index is 0.193. The summed E-state index contributed by atoms with van der Waals surface area (Å²) in [5.41, 5.74) is 3.87. The molecule has 0 aliphatic rings. The van der Waals surface area contributed by atoms with Crippen LogP contribution in [0.1, 0.15) is 41.9 Å². The smallest absolute Gasteiger partial charge is 0.254 e. The summed E-state index contributed by atoms with van der Waals surface area (Å²) in [4.78, 5) is 18.7. The third kappa shape index (κ3) is 4.60. The van der Waals surface area contributed by atoms with E-state index in [1.165, 1.54) is 10.5 Å². The Hall–Kier alpha value is -2.44. The molecule has 0 unspecified atom stereocenters. The molecule has 1 aromatic carbocycles. The monoisotopic (exact) mass is 414 g/mol. The van der Waals surface area contributed by atoms with Crippen molar-refractivity contribution in [3.8, 4) is 5.69 Å². The topological polar surface area (TPSA) is 64.2 Å². The van der Waals surface area contributed by atoms with E-state index in [1.807, 2.05) is 38.1 Å². The van der Waals surface area contributed by atoms with Crippen molar-refractivity contribution in [2.24, 2.45) is 0 Å². The van der Waals surface area contributed by atoms with Crippen molar-refractivity contribution >= 4 is 28.5 Å². The number of rotatable bonds is 8. The number of aryl methyl sites for hydroxylation is 2. The van der Waals surface area contributed by atoms with E-state index in [-0.39, 0.29) is 5.91 Å². The van der Waals surface area contributed by atoms with Crippen LogP contribution in [0.25, 0.3) is 16.7 Å². The number of nitrogens with one attached hydrogen (secondary N) is 2. The molecule has 0 bridgehead atoms. The molecular weight excluding hydrogens is 386 g/mol.